The summed E-state index contributed by atoms with van der Waals surface area (Å²) in [5.74, 6) is -1.44. The molecule has 0 saturated carbocycles. The SMILES string of the molecule is NS(=O)(=O)c1ccc2c(c1)[C@H]1C=CC[C@H]1[C@H](C(=O)[O-])N2. The third-order valence-corrected chi connectivity index (χ3v) is 4.83. The van der Waals surface area contributed by atoms with Crippen molar-refractivity contribution in [3.8, 4) is 0 Å². The van der Waals surface area contributed by atoms with Gasteiger partial charge < -0.3 is 15.2 Å². The molecule has 3 atom stereocenters. The molecule has 0 radical (unpaired) electrons. The number of carboxylic acid groups (broad SMARTS) is 1. The van der Waals surface area contributed by atoms with Crippen LogP contribution in [0.2, 0.25) is 0 Å². The normalized spacial score (nSPS) is 27.6. The molecule has 0 amide bonds. The van der Waals surface area contributed by atoms with Gasteiger partial charge in [-0.3, -0.25) is 0 Å². The van der Waals surface area contributed by atoms with Crippen molar-refractivity contribution in [3.05, 3.63) is 35.9 Å². The quantitative estimate of drug-likeness (QED) is 0.716. The highest BCUT2D eigenvalue weighted by atomic mass is 32.2. The summed E-state index contributed by atoms with van der Waals surface area (Å²) >= 11 is 0. The van der Waals surface area contributed by atoms with Crippen LogP contribution in [-0.2, 0) is 14.8 Å². The van der Waals surface area contributed by atoms with Crippen molar-refractivity contribution >= 4 is 21.7 Å². The lowest BCUT2D eigenvalue weighted by atomic mass is 9.79. The number of rotatable bonds is 2. The van der Waals surface area contributed by atoms with Crippen molar-refractivity contribution in [1.29, 1.82) is 0 Å². The molecule has 3 rings (SSSR count). The Morgan fingerprint density at radius 1 is 1.40 bits per heavy atom. The number of carbonyl (C=O) groups is 1. The summed E-state index contributed by atoms with van der Waals surface area (Å²) in [4.78, 5) is 11.2. The zero-order valence-corrected chi connectivity index (χ0v) is 11.3. The molecule has 0 fully saturated rings. The van der Waals surface area contributed by atoms with E-state index in [1.54, 1.807) is 6.07 Å². The molecule has 0 unspecified atom stereocenters. The number of benzene rings is 1. The van der Waals surface area contributed by atoms with E-state index in [0.29, 0.717) is 12.1 Å². The van der Waals surface area contributed by atoms with Gasteiger partial charge in [0.2, 0.25) is 10.0 Å². The number of anilines is 1. The van der Waals surface area contributed by atoms with Crippen LogP contribution in [0.4, 0.5) is 5.69 Å². The van der Waals surface area contributed by atoms with Crippen molar-refractivity contribution in [2.45, 2.75) is 23.3 Å². The second-order valence-electron chi connectivity index (χ2n) is 5.09. The Bertz CT molecular complexity index is 711. The van der Waals surface area contributed by atoms with Gasteiger partial charge in [-0.2, -0.15) is 0 Å². The maximum Gasteiger partial charge on any atom is 0.238 e. The minimum atomic E-state index is -3.78. The van der Waals surface area contributed by atoms with Crippen LogP contribution in [0.5, 0.6) is 0 Å². The van der Waals surface area contributed by atoms with Gasteiger partial charge >= 0.3 is 0 Å². The Kier molecular flexibility index (Phi) is 2.84. The first-order chi connectivity index (χ1) is 9.38. The smallest absolute Gasteiger partial charge is 0.238 e. The number of sulfonamides is 1. The third kappa shape index (κ3) is 1.99. The highest BCUT2D eigenvalue weighted by Gasteiger charge is 2.38. The Labute approximate surface area is 116 Å². The molecule has 1 aliphatic carbocycles. The summed E-state index contributed by atoms with van der Waals surface area (Å²) in [6, 6.07) is 3.65. The topological polar surface area (TPSA) is 112 Å². The maximum atomic E-state index is 11.4. The molecular weight excluding hydrogens is 280 g/mol. The first kappa shape index (κ1) is 13.1. The lowest BCUT2D eigenvalue weighted by Crippen LogP contribution is -2.48. The molecule has 1 aliphatic heterocycles. The zero-order chi connectivity index (χ0) is 14.5. The molecule has 0 spiro atoms. The van der Waals surface area contributed by atoms with E-state index >= 15 is 0 Å². The molecule has 1 aromatic carbocycles. The van der Waals surface area contributed by atoms with Crippen molar-refractivity contribution in [3.63, 3.8) is 0 Å². The molecule has 1 heterocycles. The second kappa shape index (κ2) is 4.32. The van der Waals surface area contributed by atoms with Gasteiger partial charge in [-0.1, -0.05) is 12.2 Å². The molecule has 0 bridgehead atoms. The van der Waals surface area contributed by atoms with Crippen molar-refractivity contribution in [2.24, 2.45) is 11.1 Å². The number of hydrogen-bond donors (Lipinski definition) is 2. The molecule has 20 heavy (non-hydrogen) atoms. The average molecular weight is 293 g/mol. The van der Waals surface area contributed by atoms with Crippen LogP contribution >= 0.6 is 0 Å². The number of nitrogens with one attached hydrogen (secondary N) is 1. The first-order valence-corrected chi connectivity index (χ1v) is 7.73. The Morgan fingerprint density at radius 3 is 2.80 bits per heavy atom. The summed E-state index contributed by atoms with van der Waals surface area (Å²) in [5, 5.41) is 19.3. The summed E-state index contributed by atoms with van der Waals surface area (Å²) in [6.07, 6.45) is 4.44. The van der Waals surface area contributed by atoms with Crippen molar-refractivity contribution in [2.75, 3.05) is 5.32 Å². The highest BCUT2D eigenvalue weighted by Crippen LogP contribution is 2.44. The Morgan fingerprint density at radius 2 is 2.15 bits per heavy atom. The summed E-state index contributed by atoms with van der Waals surface area (Å²) in [5.41, 5.74) is 1.37. The lowest BCUT2D eigenvalue weighted by Gasteiger charge is -2.37. The van der Waals surface area contributed by atoms with Gasteiger partial charge in [0.1, 0.15) is 0 Å². The van der Waals surface area contributed by atoms with Gasteiger partial charge in [-0.05, 0) is 36.1 Å². The largest absolute Gasteiger partial charge is 0.548 e. The fourth-order valence-corrected chi connectivity index (χ4v) is 3.53. The van der Waals surface area contributed by atoms with Crippen LogP contribution in [0.3, 0.4) is 0 Å². The van der Waals surface area contributed by atoms with E-state index in [0.717, 1.165) is 5.56 Å². The number of allylic oxidation sites excluding steroid dienone is 2. The molecule has 3 N–H and O–H groups in total. The van der Waals surface area contributed by atoms with E-state index in [4.69, 9.17) is 5.14 Å². The molecule has 7 heteroatoms. The predicted molar refractivity (Wildman–Crippen MR) is 70.2 cm³/mol. The summed E-state index contributed by atoms with van der Waals surface area (Å²) in [7, 11) is -3.78. The lowest BCUT2D eigenvalue weighted by molar-refractivity contribution is -0.308. The molecule has 6 nitrogen and oxygen atoms in total. The number of carboxylic acids is 1. The average Bonchev–Trinajstić information content (AvgIpc) is 2.85. The van der Waals surface area contributed by atoms with Crippen LogP contribution in [-0.4, -0.2) is 20.4 Å². The molecule has 2 aliphatic rings. The van der Waals surface area contributed by atoms with Gasteiger partial charge in [0.15, 0.2) is 0 Å². The predicted octanol–water partition coefficient (Wildman–Crippen LogP) is -0.462. The second-order valence-corrected chi connectivity index (χ2v) is 6.65. The molecule has 1 aromatic rings. The summed E-state index contributed by atoms with van der Waals surface area (Å²) in [6.45, 7) is 0. The number of nitrogens with two attached hydrogens (primary N) is 1. The van der Waals surface area contributed by atoms with Gasteiger partial charge in [0.25, 0.3) is 0 Å². The van der Waals surface area contributed by atoms with Crippen molar-refractivity contribution < 1.29 is 18.3 Å². The fraction of sp³-hybridized carbons (Fsp3) is 0.308. The number of hydrogen-bond acceptors (Lipinski definition) is 5. The Balaban J connectivity index is 2.11. The standard InChI is InChI=1S/C13H14N2O4S/c14-20(18,19)7-4-5-11-10(6-7)8-2-1-3-9(8)12(15-11)13(16)17/h1-2,4-6,8-9,12,15H,3H2,(H,16,17)(H2,14,18,19)/p-1/t8-,9+,12+/m0/s1. The number of aliphatic carboxylic acids is 1. The van der Waals surface area contributed by atoms with E-state index in [1.807, 2.05) is 12.2 Å². The number of carbonyl (C=O) groups excluding carboxylic acids is 1. The molecule has 0 saturated heterocycles. The first-order valence-electron chi connectivity index (χ1n) is 6.19. The highest BCUT2D eigenvalue weighted by molar-refractivity contribution is 7.89. The van der Waals surface area contributed by atoms with Crippen LogP contribution < -0.4 is 15.6 Å². The molecular formula is C13H13N2O4S-. The molecule has 106 valence electrons. The van der Waals surface area contributed by atoms with E-state index < -0.39 is 22.0 Å². The Hall–Kier alpha value is -1.86. The minimum absolute atomic E-state index is 0.0315. The van der Waals surface area contributed by atoms with Gasteiger partial charge in [0, 0.05) is 11.6 Å². The summed E-state index contributed by atoms with van der Waals surface area (Å²) < 4.78 is 22.8. The van der Waals surface area contributed by atoms with E-state index in [1.165, 1.54) is 12.1 Å². The van der Waals surface area contributed by atoms with Crippen LogP contribution in [0.25, 0.3) is 0 Å². The van der Waals surface area contributed by atoms with Gasteiger partial charge in [0.05, 0.1) is 16.9 Å². The minimum Gasteiger partial charge on any atom is -0.548 e. The number of primary sulfonamides is 1. The van der Waals surface area contributed by atoms with E-state index in [-0.39, 0.29) is 16.7 Å². The number of fused-ring (bicyclic) bond motifs is 3. The van der Waals surface area contributed by atoms with E-state index in [9.17, 15) is 18.3 Å². The maximum absolute atomic E-state index is 11.4. The van der Waals surface area contributed by atoms with E-state index in [2.05, 4.69) is 5.32 Å². The molecule has 0 aromatic heterocycles. The van der Waals surface area contributed by atoms with Crippen LogP contribution in [0, 0.1) is 5.92 Å². The third-order valence-electron chi connectivity index (χ3n) is 3.92. The zero-order valence-electron chi connectivity index (χ0n) is 10.4. The van der Waals surface area contributed by atoms with Gasteiger partial charge in [-0.25, -0.2) is 13.6 Å². The van der Waals surface area contributed by atoms with Crippen molar-refractivity contribution in [1.82, 2.24) is 0 Å². The monoisotopic (exact) mass is 293 g/mol. The van der Waals surface area contributed by atoms with Crippen LogP contribution in [0.15, 0.2) is 35.2 Å². The fourth-order valence-electron chi connectivity index (χ4n) is 2.98. The van der Waals surface area contributed by atoms with Gasteiger partial charge in [-0.15, -0.1) is 0 Å². The van der Waals surface area contributed by atoms with Crippen LogP contribution in [0.1, 0.15) is 17.9 Å².